The Morgan fingerprint density at radius 2 is 2.17 bits per heavy atom. The number of nitrogens with one attached hydrogen (secondary N) is 2. The Morgan fingerprint density at radius 3 is 3.00 bits per heavy atom. The molecule has 3 aromatic rings. The number of aromatic nitrogens is 3. The van der Waals surface area contributed by atoms with E-state index in [4.69, 9.17) is 4.74 Å². The van der Waals surface area contributed by atoms with E-state index in [0.717, 1.165) is 10.9 Å². The number of nitrogens with zero attached hydrogens (tertiary/aromatic N) is 2. The van der Waals surface area contributed by atoms with Gasteiger partial charge in [0.05, 0.1) is 18.8 Å². The van der Waals surface area contributed by atoms with Crippen molar-refractivity contribution in [1.29, 1.82) is 0 Å². The van der Waals surface area contributed by atoms with E-state index >= 15 is 0 Å². The zero-order chi connectivity index (χ0) is 16.8. The number of carbonyl (C=O) groups excluding carboxylic acids is 1. The van der Waals surface area contributed by atoms with Gasteiger partial charge >= 0.3 is 0 Å². The van der Waals surface area contributed by atoms with E-state index in [2.05, 4.69) is 20.3 Å². The van der Waals surface area contributed by atoms with E-state index < -0.39 is 0 Å². The summed E-state index contributed by atoms with van der Waals surface area (Å²) in [7, 11) is 0. The van der Waals surface area contributed by atoms with Crippen LogP contribution in [0.4, 0.5) is 0 Å². The molecule has 124 valence electrons. The molecule has 0 aliphatic heterocycles. The topological polar surface area (TPSA) is 79.9 Å². The first kappa shape index (κ1) is 16.1. The third kappa shape index (κ3) is 3.97. The molecule has 1 aromatic carbocycles. The minimum atomic E-state index is -0.133. The summed E-state index contributed by atoms with van der Waals surface area (Å²) in [5.74, 6) is 0.0880. The summed E-state index contributed by atoms with van der Waals surface area (Å²) in [5, 5.41) is 3.66. The number of aromatic amines is 1. The van der Waals surface area contributed by atoms with Gasteiger partial charge in [-0.3, -0.25) is 4.79 Å². The maximum atomic E-state index is 12.3. The molecule has 1 amide bonds. The van der Waals surface area contributed by atoms with Gasteiger partial charge in [0, 0.05) is 24.3 Å². The van der Waals surface area contributed by atoms with Crippen molar-refractivity contribution in [3.05, 3.63) is 60.2 Å². The van der Waals surface area contributed by atoms with Crippen molar-refractivity contribution in [2.24, 2.45) is 5.92 Å². The Bertz CT molecular complexity index is 801. The third-order valence-corrected chi connectivity index (χ3v) is 3.73. The van der Waals surface area contributed by atoms with Crippen molar-refractivity contribution in [2.45, 2.75) is 13.5 Å². The predicted molar refractivity (Wildman–Crippen MR) is 91.5 cm³/mol. The van der Waals surface area contributed by atoms with Gasteiger partial charge in [0.15, 0.2) is 0 Å². The highest BCUT2D eigenvalue weighted by Crippen LogP contribution is 2.14. The zero-order valence-electron chi connectivity index (χ0n) is 13.5. The van der Waals surface area contributed by atoms with Crippen LogP contribution in [0, 0.1) is 5.92 Å². The molecule has 3 rings (SSSR count). The minimum Gasteiger partial charge on any atom is -0.376 e. The Morgan fingerprint density at radius 1 is 1.33 bits per heavy atom. The van der Waals surface area contributed by atoms with Gasteiger partial charge in [-0.1, -0.05) is 37.3 Å². The number of fused-ring (bicyclic) bond motifs is 1. The Balaban J connectivity index is 1.45. The predicted octanol–water partition coefficient (Wildman–Crippen LogP) is 2.54. The number of hydrogen-bond acceptors (Lipinski definition) is 4. The van der Waals surface area contributed by atoms with Crippen molar-refractivity contribution in [1.82, 2.24) is 20.3 Å². The fourth-order valence-corrected chi connectivity index (χ4v) is 2.42. The molecule has 0 aliphatic rings. The largest absolute Gasteiger partial charge is 0.376 e. The highest BCUT2D eigenvalue weighted by atomic mass is 16.5. The minimum absolute atomic E-state index is 0.133. The molecule has 0 fully saturated rings. The monoisotopic (exact) mass is 324 g/mol. The first-order valence-corrected chi connectivity index (χ1v) is 7.91. The molecule has 6 heteroatoms. The second-order valence-electron chi connectivity index (χ2n) is 5.80. The molecule has 1 unspecified atom stereocenters. The van der Waals surface area contributed by atoms with Crippen molar-refractivity contribution in [3.8, 4) is 0 Å². The van der Waals surface area contributed by atoms with Gasteiger partial charge in [-0.05, 0) is 11.5 Å². The van der Waals surface area contributed by atoms with Crippen LogP contribution in [0.25, 0.3) is 11.0 Å². The molecule has 6 nitrogen and oxygen atoms in total. The number of carbonyl (C=O) groups is 1. The van der Waals surface area contributed by atoms with Crippen LogP contribution in [-0.4, -0.2) is 34.0 Å². The second kappa shape index (κ2) is 7.70. The number of benzene rings is 1. The van der Waals surface area contributed by atoms with Crippen LogP contribution in [0.3, 0.4) is 0 Å². The van der Waals surface area contributed by atoms with Gasteiger partial charge in [-0.25, -0.2) is 9.97 Å². The van der Waals surface area contributed by atoms with E-state index in [1.807, 2.05) is 37.3 Å². The molecule has 24 heavy (non-hydrogen) atoms. The average molecular weight is 324 g/mol. The molecule has 0 bridgehead atoms. The van der Waals surface area contributed by atoms with E-state index in [9.17, 15) is 4.79 Å². The van der Waals surface area contributed by atoms with Crippen molar-refractivity contribution < 1.29 is 9.53 Å². The standard InChI is InChI=1S/C18H20N4O2/c1-13(10-24-11-14-5-3-2-4-6-14)7-21-18(23)16-9-20-17-15(16)8-19-12-22-17/h2-6,8-9,12-13H,7,10-11H2,1H3,(H,21,23)(H,19,20,22). The lowest BCUT2D eigenvalue weighted by atomic mass is 10.2. The van der Waals surface area contributed by atoms with E-state index in [1.165, 1.54) is 6.33 Å². The zero-order valence-corrected chi connectivity index (χ0v) is 13.5. The Kier molecular flexibility index (Phi) is 5.18. The van der Waals surface area contributed by atoms with Crippen molar-refractivity contribution >= 4 is 16.9 Å². The molecule has 0 radical (unpaired) electrons. The summed E-state index contributed by atoms with van der Waals surface area (Å²) in [5.41, 5.74) is 2.37. The maximum Gasteiger partial charge on any atom is 0.253 e. The fraction of sp³-hybridized carbons (Fsp3) is 0.278. The summed E-state index contributed by atoms with van der Waals surface area (Å²) in [6.45, 7) is 3.77. The van der Waals surface area contributed by atoms with E-state index in [0.29, 0.717) is 31.0 Å². The van der Waals surface area contributed by atoms with E-state index in [1.54, 1.807) is 12.4 Å². The molecule has 1 atom stereocenters. The molecule has 0 saturated carbocycles. The normalized spacial score (nSPS) is 12.2. The lowest BCUT2D eigenvalue weighted by Crippen LogP contribution is -2.29. The van der Waals surface area contributed by atoms with Crippen LogP contribution >= 0.6 is 0 Å². The van der Waals surface area contributed by atoms with Gasteiger partial charge in [0.1, 0.15) is 12.0 Å². The molecule has 2 N–H and O–H groups in total. The van der Waals surface area contributed by atoms with E-state index in [-0.39, 0.29) is 11.8 Å². The highest BCUT2D eigenvalue weighted by molar-refractivity contribution is 6.05. The van der Waals surface area contributed by atoms with Crippen molar-refractivity contribution in [2.75, 3.05) is 13.2 Å². The Labute approximate surface area is 140 Å². The van der Waals surface area contributed by atoms with Gasteiger partial charge < -0.3 is 15.0 Å². The molecule has 0 saturated heterocycles. The smallest absolute Gasteiger partial charge is 0.253 e. The third-order valence-electron chi connectivity index (χ3n) is 3.73. The maximum absolute atomic E-state index is 12.3. The molecule has 2 aromatic heterocycles. The van der Waals surface area contributed by atoms with Gasteiger partial charge in [-0.15, -0.1) is 0 Å². The summed E-state index contributed by atoms with van der Waals surface area (Å²) in [4.78, 5) is 23.3. The molecule has 2 heterocycles. The average Bonchev–Trinajstić information content (AvgIpc) is 3.05. The van der Waals surface area contributed by atoms with Crippen LogP contribution in [0.1, 0.15) is 22.8 Å². The van der Waals surface area contributed by atoms with Crippen LogP contribution < -0.4 is 5.32 Å². The van der Waals surface area contributed by atoms with Crippen LogP contribution in [0.2, 0.25) is 0 Å². The summed E-state index contributed by atoms with van der Waals surface area (Å²) < 4.78 is 5.70. The van der Waals surface area contributed by atoms with Crippen molar-refractivity contribution in [3.63, 3.8) is 0 Å². The van der Waals surface area contributed by atoms with Gasteiger partial charge in [0.2, 0.25) is 0 Å². The SMILES string of the molecule is CC(CNC(=O)c1c[nH]c2ncncc12)COCc1ccccc1. The summed E-state index contributed by atoms with van der Waals surface area (Å²) >= 11 is 0. The number of amides is 1. The first-order chi connectivity index (χ1) is 11.7. The second-order valence-corrected chi connectivity index (χ2v) is 5.80. The molecular weight excluding hydrogens is 304 g/mol. The van der Waals surface area contributed by atoms with Crippen LogP contribution in [0.5, 0.6) is 0 Å². The molecule has 0 spiro atoms. The molecule has 0 aliphatic carbocycles. The lowest BCUT2D eigenvalue weighted by molar-refractivity contribution is 0.0844. The number of hydrogen-bond donors (Lipinski definition) is 2. The summed E-state index contributed by atoms with van der Waals surface area (Å²) in [6.07, 6.45) is 4.75. The molecular formula is C18H20N4O2. The highest BCUT2D eigenvalue weighted by Gasteiger charge is 2.13. The summed E-state index contributed by atoms with van der Waals surface area (Å²) in [6, 6.07) is 10.0. The quantitative estimate of drug-likeness (QED) is 0.700. The number of rotatable bonds is 7. The van der Waals surface area contributed by atoms with Crippen LogP contribution in [-0.2, 0) is 11.3 Å². The Hall–Kier alpha value is -2.73. The van der Waals surface area contributed by atoms with Gasteiger partial charge in [-0.2, -0.15) is 0 Å². The first-order valence-electron chi connectivity index (χ1n) is 7.91. The number of ether oxygens (including phenoxy) is 1. The van der Waals surface area contributed by atoms with Crippen LogP contribution in [0.15, 0.2) is 49.1 Å². The lowest BCUT2D eigenvalue weighted by Gasteiger charge is -2.13. The van der Waals surface area contributed by atoms with Gasteiger partial charge in [0.25, 0.3) is 5.91 Å². The fourth-order valence-electron chi connectivity index (χ4n) is 2.42. The number of H-pyrrole nitrogens is 1.